The molecule has 0 spiro atoms. The summed E-state index contributed by atoms with van der Waals surface area (Å²) in [4.78, 5) is 13.2. The fourth-order valence-electron chi connectivity index (χ4n) is 9.69. The Bertz CT molecular complexity index is 2020. The molecule has 3 rings (SSSR count). The third-order valence-electron chi connectivity index (χ3n) is 14.8. The van der Waals surface area contributed by atoms with Gasteiger partial charge in [0.2, 0.25) is 5.91 Å². The highest BCUT2D eigenvalue weighted by Gasteiger charge is 2.53. The van der Waals surface area contributed by atoms with Gasteiger partial charge < -0.3 is 89.9 Å². The van der Waals surface area contributed by atoms with Crippen LogP contribution < -0.4 is 5.32 Å². The van der Waals surface area contributed by atoms with E-state index in [9.17, 15) is 61.0 Å². The summed E-state index contributed by atoms with van der Waals surface area (Å²) in [5.41, 5.74) is 0. The third-order valence-corrected chi connectivity index (χ3v) is 14.8. The van der Waals surface area contributed by atoms with Gasteiger partial charge in [0.1, 0.15) is 73.2 Å². The monoisotopic (exact) mass is 1200 g/mol. The highest BCUT2D eigenvalue weighted by molar-refractivity contribution is 5.76. The van der Waals surface area contributed by atoms with E-state index in [1.807, 2.05) is 0 Å². The molecular weight excluding hydrogens is 1090 g/mol. The van der Waals surface area contributed by atoms with Crippen molar-refractivity contribution in [1.29, 1.82) is 0 Å². The molecular formula is C66H107NO18. The summed E-state index contributed by atoms with van der Waals surface area (Å²) in [6.07, 6.45) is 36.6. The maximum Gasteiger partial charge on any atom is 0.220 e. The lowest BCUT2D eigenvalue weighted by molar-refractivity contribution is -0.379. The summed E-state index contributed by atoms with van der Waals surface area (Å²) in [6, 6.07) is -0.906. The topological polar surface area (TPSA) is 307 Å². The molecule has 19 heteroatoms. The average molecular weight is 1200 g/mol. The minimum absolute atomic E-state index is 0.226. The summed E-state index contributed by atoms with van der Waals surface area (Å²) in [5.74, 6) is -0.282. The van der Waals surface area contributed by atoms with Crippen molar-refractivity contribution < 1.29 is 89.4 Å². The molecule has 1 amide bonds. The maximum atomic E-state index is 13.2. The quantitative estimate of drug-likeness (QED) is 0.0229. The van der Waals surface area contributed by atoms with Gasteiger partial charge in [0.05, 0.1) is 38.6 Å². The van der Waals surface area contributed by atoms with Gasteiger partial charge >= 0.3 is 0 Å². The highest BCUT2D eigenvalue weighted by Crippen LogP contribution is 2.33. The number of unbranched alkanes of at least 4 members (excludes halogenated alkanes) is 8. The Kier molecular flexibility index (Phi) is 41.9. The van der Waals surface area contributed by atoms with Crippen molar-refractivity contribution in [1.82, 2.24) is 5.32 Å². The van der Waals surface area contributed by atoms with Gasteiger partial charge in [-0.25, -0.2) is 0 Å². The van der Waals surface area contributed by atoms with Crippen LogP contribution in [0.3, 0.4) is 0 Å². The zero-order valence-electron chi connectivity index (χ0n) is 50.5. The molecule has 3 saturated heterocycles. The van der Waals surface area contributed by atoms with Gasteiger partial charge in [-0.1, -0.05) is 180 Å². The minimum atomic E-state index is -1.98. The van der Waals surface area contributed by atoms with Gasteiger partial charge in [-0.05, 0) is 89.9 Å². The lowest BCUT2D eigenvalue weighted by Gasteiger charge is -2.48. The number of aliphatic hydroxyl groups excluding tert-OH is 11. The molecule has 19 nitrogen and oxygen atoms in total. The van der Waals surface area contributed by atoms with Crippen LogP contribution in [0.4, 0.5) is 0 Å². The molecule has 17 atom stereocenters. The van der Waals surface area contributed by atoms with Crippen LogP contribution in [0.15, 0.2) is 122 Å². The second-order valence-corrected chi connectivity index (χ2v) is 21.8. The Hall–Kier alpha value is -3.81. The first-order chi connectivity index (χ1) is 41.3. The Morgan fingerprint density at radius 1 is 0.435 bits per heavy atom. The van der Waals surface area contributed by atoms with Crippen molar-refractivity contribution in [2.45, 2.75) is 259 Å². The fourth-order valence-corrected chi connectivity index (χ4v) is 9.69. The summed E-state index contributed by atoms with van der Waals surface area (Å²) in [6.45, 7) is 1.50. The molecule has 85 heavy (non-hydrogen) atoms. The smallest absolute Gasteiger partial charge is 0.220 e. The first-order valence-electron chi connectivity index (χ1n) is 31.3. The zero-order chi connectivity index (χ0) is 61.9. The second-order valence-electron chi connectivity index (χ2n) is 21.8. The van der Waals surface area contributed by atoms with Crippen LogP contribution in [-0.4, -0.2) is 193 Å². The normalized spacial score (nSPS) is 29.8. The molecule has 0 saturated carbocycles. The molecule has 0 aromatic carbocycles. The average Bonchev–Trinajstić information content (AvgIpc) is 2.21. The van der Waals surface area contributed by atoms with Gasteiger partial charge in [-0.2, -0.15) is 0 Å². The zero-order valence-corrected chi connectivity index (χ0v) is 50.5. The molecule has 3 aliphatic rings. The van der Waals surface area contributed by atoms with Crippen LogP contribution in [0.5, 0.6) is 0 Å². The van der Waals surface area contributed by atoms with Crippen LogP contribution in [-0.2, 0) is 33.2 Å². The molecule has 0 radical (unpaired) electrons. The van der Waals surface area contributed by atoms with Crippen molar-refractivity contribution in [2.75, 3.05) is 26.4 Å². The van der Waals surface area contributed by atoms with Gasteiger partial charge in [0.15, 0.2) is 18.9 Å². The Labute approximate surface area is 506 Å². The molecule has 12 N–H and O–H groups in total. The Balaban J connectivity index is 1.33. The van der Waals surface area contributed by atoms with Gasteiger partial charge in [-0.3, -0.25) is 4.79 Å². The van der Waals surface area contributed by atoms with E-state index >= 15 is 0 Å². The van der Waals surface area contributed by atoms with Crippen molar-refractivity contribution >= 4 is 5.91 Å². The van der Waals surface area contributed by atoms with E-state index < -0.39 is 124 Å². The minimum Gasteiger partial charge on any atom is -0.394 e. The first-order valence-corrected chi connectivity index (χ1v) is 31.3. The van der Waals surface area contributed by atoms with Gasteiger partial charge in [-0.15, -0.1) is 0 Å². The van der Waals surface area contributed by atoms with E-state index in [4.69, 9.17) is 28.4 Å². The molecule has 3 heterocycles. The number of carbonyl (C=O) groups is 1. The van der Waals surface area contributed by atoms with E-state index in [2.05, 4.69) is 141 Å². The van der Waals surface area contributed by atoms with E-state index in [-0.39, 0.29) is 18.9 Å². The van der Waals surface area contributed by atoms with Crippen molar-refractivity contribution in [3.63, 3.8) is 0 Å². The summed E-state index contributed by atoms with van der Waals surface area (Å²) >= 11 is 0. The number of allylic oxidation sites excluding steroid dienone is 20. The maximum absolute atomic E-state index is 13.2. The second kappa shape index (κ2) is 47.2. The van der Waals surface area contributed by atoms with Crippen LogP contribution in [0, 0.1) is 0 Å². The van der Waals surface area contributed by atoms with E-state index in [1.54, 1.807) is 0 Å². The van der Waals surface area contributed by atoms with Crippen LogP contribution in [0.2, 0.25) is 0 Å². The number of ether oxygens (including phenoxy) is 6. The number of hydrogen-bond acceptors (Lipinski definition) is 18. The largest absolute Gasteiger partial charge is 0.394 e. The van der Waals surface area contributed by atoms with E-state index in [0.29, 0.717) is 19.3 Å². The van der Waals surface area contributed by atoms with E-state index in [1.165, 1.54) is 0 Å². The van der Waals surface area contributed by atoms with Crippen LogP contribution in [0.1, 0.15) is 155 Å². The number of nitrogens with one attached hydrogen (secondary N) is 1. The molecule has 0 aromatic rings. The Morgan fingerprint density at radius 3 is 1.26 bits per heavy atom. The van der Waals surface area contributed by atoms with Crippen LogP contribution in [0.25, 0.3) is 0 Å². The Morgan fingerprint density at radius 2 is 0.812 bits per heavy atom. The van der Waals surface area contributed by atoms with Crippen LogP contribution >= 0.6 is 0 Å². The number of carbonyl (C=O) groups excluding carboxylic acids is 1. The van der Waals surface area contributed by atoms with Crippen molar-refractivity contribution in [3.05, 3.63) is 122 Å². The highest BCUT2D eigenvalue weighted by atomic mass is 16.8. The molecule has 17 unspecified atom stereocenters. The number of rotatable bonds is 44. The third kappa shape index (κ3) is 30.3. The predicted octanol–water partition coefficient (Wildman–Crippen LogP) is 6.48. The van der Waals surface area contributed by atoms with Crippen molar-refractivity contribution in [2.24, 2.45) is 0 Å². The predicted molar refractivity (Wildman–Crippen MR) is 327 cm³/mol. The fraction of sp³-hybridized carbons (Fsp3) is 0.682. The summed E-state index contributed by atoms with van der Waals surface area (Å²) in [7, 11) is 0. The number of aliphatic hydroxyl groups is 11. The molecule has 3 fully saturated rings. The van der Waals surface area contributed by atoms with Gasteiger partial charge in [0.25, 0.3) is 0 Å². The van der Waals surface area contributed by atoms with Gasteiger partial charge in [0, 0.05) is 6.42 Å². The molecule has 3 aliphatic heterocycles. The van der Waals surface area contributed by atoms with E-state index in [0.717, 1.165) is 116 Å². The summed E-state index contributed by atoms with van der Waals surface area (Å²) in [5, 5.41) is 120. The molecule has 484 valence electrons. The standard InChI is InChI=1S/C66H107NO18/c1-3-5-7-9-10-11-12-13-14-15-16-17-18-19-20-21-22-23-24-25-26-27-28-29-30-31-32-33-34-35-36-37-38-40-42-44-54(72)67-49(50(71)43-41-39-8-6-4-2)48-80-64-60(78)57(75)62(52(46-69)82-64)85-66-61(79)58(76)63(53(47-70)83-66)84-65-59(77)56(74)55(73)51(45-68)81-65/h5,7,10-11,13-14,16-17,19-20,22-23,25-26,28-29,31-32,34-35,49-53,55-66,68-71,73-79H,3-4,6,8-9,12,15,18,21,24,27,30,33,36-48H2,1-2H3,(H,67,72)/b7-5-,11-10-,14-13-,17-16-,20-19-,23-22-,26-25-,29-28-,32-31-,35-34-. The molecule has 0 bridgehead atoms. The summed E-state index contributed by atoms with van der Waals surface area (Å²) < 4.78 is 34.1. The SMILES string of the molecule is CC/C=C\C/C=C\C/C=C\C/C=C\C/C=C\C/C=C\C/C=C\C/C=C\C/C=C\C/C=C\CCCCCCC(=O)NC(COC1OC(CO)C(OC2OC(CO)C(OC3OC(CO)C(O)C(O)C3O)C(O)C2O)C(O)C1O)C(O)CCCCCCC. The molecule has 0 aromatic heterocycles. The molecule has 0 aliphatic carbocycles. The van der Waals surface area contributed by atoms with Crippen molar-refractivity contribution in [3.8, 4) is 0 Å². The lowest BCUT2D eigenvalue weighted by atomic mass is 9.96. The number of amides is 1. The lowest BCUT2D eigenvalue weighted by Crippen LogP contribution is -2.66. The first kappa shape index (κ1) is 75.4. The number of hydrogen-bond donors (Lipinski definition) is 12.